The number of alkyl halides is 1. The normalized spacial score (nSPS) is 14.5. The lowest BCUT2D eigenvalue weighted by Gasteiger charge is -2.27. The fraction of sp³-hybridized carbons (Fsp3) is 0.875. The Morgan fingerprint density at radius 1 is 1.55 bits per heavy atom. The van der Waals surface area contributed by atoms with Crippen molar-refractivity contribution in [3.63, 3.8) is 0 Å². The minimum Gasteiger partial charge on any atom is -0.481 e. The van der Waals surface area contributed by atoms with E-state index in [1.807, 2.05) is 0 Å². The smallest absolute Gasteiger partial charge is 0.312 e. The highest BCUT2D eigenvalue weighted by atomic mass is 19.1. The van der Waals surface area contributed by atoms with E-state index in [-0.39, 0.29) is 0 Å². The molecule has 0 fully saturated rings. The maximum atomic E-state index is 12.9. The molecule has 0 saturated heterocycles. The number of halogens is 1. The molecule has 0 heterocycles. The van der Waals surface area contributed by atoms with Crippen molar-refractivity contribution < 1.29 is 14.3 Å². The van der Waals surface area contributed by atoms with Gasteiger partial charge >= 0.3 is 5.97 Å². The van der Waals surface area contributed by atoms with Crippen LogP contribution in [-0.2, 0) is 4.79 Å². The summed E-state index contributed by atoms with van der Waals surface area (Å²) in [5.74, 6) is -1.03. The van der Waals surface area contributed by atoms with Crippen LogP contribution in [0, 0.1) is 5.41 Å². The molecule has 0 radical (unpaired) electrons. The summed E-state index contributed by atoms with van der Waals surface area (Å²) in [6.07, 6.45) is -0.595. The summed E-state index contributed by atoms with van der Waals surface area (Å²) < 4.78 is 12.9. The van der Waals surface area contributed by atoms with Crippen LogP contribution in [-0.4, -0.2) is 17.2 Å². The molecule has 0 saturated carbocycles. The second-order valence-corrected chi connectivity index (χ2v) is 2.78. The highest BCUT2D eigenvalue weighted by molar-refractivity contribution is 5.75. The molecule has 0 amide bonds. The zero-order valence-electron chi connectivity index (χ0n) is 7.22. The average molecular weight is 162 g/mol. The second-order valence-electron chi connectivity index (χ2n) is 2.78. The number of rotatable bonds is 4. The Morgan fingerprint density at radius 3 is 1.91 bits per heavy atom. The molecular formula is C8H15FO2. The summed E-state index contributed by atoms with van der Waals surface area (Å²) in [4.78, 5) is 10.7. The van der Waals surface area contributed by atoms with Crippen LogP contribution < -0.4 is 0 Å². The Balaban J connectivity index is 4.61. The predicted molar refractivity (Wildman–Crippen MR) is 41.2 cm³/mol. The molecular weight excluding hydrogens is 147 g/mol. The topological polar surface area (TPSA) is 37.3 Å². The minimum absolute atomic E-state index is 0.344. The van der Waals surface area contributed by atoms with Gasteiger partial charge < -0.3 is 5.11 Å². The third kappa shape index (κ3) is 1.70. The molecule has 0 bridgehead atoms. The van der Waals surface area contributed by atoms with Gasteiger partial charge in [0.2, 0.25) is 0 Å². The number of aliphatic carboxylic acids is 1. The molecule has 0 aromatic carbocycles. The Bertz CT molecular complexity index is 139. The van der Waals surface area contributed by atoms with E-state index in [9.17, 15) is 9.18 Å². The molecule has 66 valence electrons. The van der Waals surface area contributed by atoms with E-state index in [1.165, 1.54) is 6.92 Å². The van der Waals surface area contributed by atoms with Gasteiger partial charge in [-0.2, -0.15) is 0 Å². The zero-order chi connectivity index (χ0) is 9.07. The van der Waals surface area contributed by atoms with E-state index in [4.69, 9.17) is 5.11 Å². The molecule has 0 aliphatic carbocycles. The van der Waals surface area contributed by atoms with E-state index in [2.05, 4.69) is 0 Å². The van der Waals surface area contributed by atoms with Crippen molar-refractivity contribution in [1.29, 1.82) is 0 Å². The summed E-state index contributed by atoms with van der Waals surface area (Å²) in [6, 6.07) is 0. The maximum Gasteiger partial charge on any atom is 0.312 e. The average Bonchev–Trinajstić information content (AvgIpc) is 1.90. The first-order chi connectivity index (χ1) is 5.01. The Labute approximate surface area is 66.4 Å². The SMILES string of the molecule is CCC(CC)(C(=O)O)C(C)F. The monoisotopic (exact) mass is 162 g/mol. The van der Waals surface area contributed by atoms with E-state index in [0.29, 0.717) is 12.8 Å². The summed E-state index contributed by atoms with van der Waals surface area (Å²) in [7, 11) is 0. The van der Waals surface area contributed by atoms with Crippen molar-refractivity contribution in [2.45, 2.75) is 39.8 Å². The zero-order valence-corrected chi connectivity index (χ0v) is 7.22. The van der Waals surface area contributed by atoms with Gasteiger partial charge in [0.05, 0.1) is 5.41 Å². The summed E-state index contributed by atoms with van der Waals surface area (Å²) in [6.45, 7) is 4.71. The van der Waals surface area contributed by atoms with Gasteiger partial charge in [-0.05, 0) is 19.8 Å². The Hall–Kier alpha value is -0.600. The first kappa shape index (κ1) is 10.4. The van der Waals surface area contributed by atoms with Crippen LogP contribution in [0.1, 0.15) is 33.6 Å². The van der Waals surface area contributed by atoms with Crippen molar-refractivity contribution in [2.24, 2.45) is 5.41 Å². The van der Waals surface area contributed by atoms with Crippen molar-refractivity contribution >= 4 is 5.97 Å². The molecule has 0 aromatic rings. The number of hydrogen-bond acceptors (Lipinski definition) is 1. The molecule has 1 atom stereocenters. The van der Waals surface area contributed by atoms with Crippen LogP contribution in [0.15, 0.2) is 0 Å². The molecule has 0 aliphatic heterocycles. The van der Waals surface area contributed by atoms with E-state index < -0.39 is 17.6 Å². The van der Waals surface area contributed by atoms with Crippen molar-refractivity contribution in [2.75, 3.05) is 0 Å². The van der Waals surface area contributed by atoms with Gasteiger partial charge in [0.15, 0.2) is 0 Å². The van der Waals surface area contributed by atoms with Gasteiger partial charge in [0.1, 0.15) is 6.17 Å². The van der Waals surface area contributed by atoms with Crippen molar-refractivity contribution in [1.82, 2.24) is 0 Å². The van der Waals surface area contributed by atoms with Crippen molar-refractivity contribution in [3.05, 3.63) is 0 Å². The summed E-state index contributed by atoms with van der Waals surface area (Å²) in [5.41, 5.74) is -1.17. The number of carbonyl (C=O) groups is 1. The number of hydrogen-bond donors (Lipinski definition) is 1. The van der Waals surface area contributed by atoms with E-state index in [0.717, 1.165) is 0 Å². The van der Waals surface area contributed by atoms with Crippen LogP contribution in [0.25, 0.3) is 0 Å². The lowest BCUT2D eigenvalue weighted by molar-refractivity contribution is -0.153. The molecule has 0 aliphatic rings. The fourth-order valence-electron chi connectivity index (χ4n) is 1.29. The third-order valence-electron chi connectivity index (χ3n) is 2.45. The fourth-order valence-corrected chi connectivity index (χ4v) is 1.29. The molecule has 11 heavy (non-hydrogen) atoms. The highest BCUT2D eigenvalue weighted by Gasteiger charge is 2.40. The predicted octanol–water partition coefficient (Wildman–Crippen LogP) is 2.24. The van der Waals surface area contributed by atoms with Crippen LogP contribution in [0.2, 0.25) is 0 Å². The Kier molecular flexibility index (Phi) is 3.49. The van der Waals surface area contributed by atoms with Crippen LogP contribution in [0.5, 0.6) is 0 Å². The molecule has 0 spiro atoms. The minimum atomic E-state index is -1.28. The summed E-state index contributed by atoms with van der Waals surface area (Å²) in [5, 5.41) is 8.75. The quantitative estimate of drug-likeness (QED) is 0.688. The molecule has 3 heteroatoms. The standard InChI is InChI=1S/C8H15FO2/c1-4-8(5-2,6(3)9)7(10)11/h6H,4-5H2,1-3H3,(H,10,11). The van der Waals surface area contributed by atoms with E-state index in [1.54, 1.807) is 13.8 Å². The van der Waals surface area contributed by atoms with Gasteiger partial charge in [-0.3, -0.25) is 4.79 Å². The molecule has 1 N–H and O–H groups in total. The molecule has 0 rings (SSSR count). The van der Waals surface area contributed by atoms with Gasteiger partial charge in [0, 0.05) is 0 Å². The molecule has 2 nitrogen and oxygen atoms in total. The summed E-state index contributed by atoms with van der Waals surface area (Å²) >= 11 is 0. The molecule has 1 unspecified atom stereocenters. The van der Waals surface area contributed by atoms with Gasteiger partial charge in [-0.15, -0.1) is 0 Å². The van der Waals surface area contributed by atoms with E-state index >= 15 is 0 Å². The highest BCUT2D eigenvalue weighted by Crippen LogP contribution is 2.32. The van der Waals surface area contributed by atoms with Gasteiger partial charge in [-0.1, -0.05) is 13.8 Å². The second kappa shape index (κ2) is 3.69. The molecule has 0 aromatic heterocycles. The van der Waals surface area contributed by atoms with Crippen molar-refractivity contribution in [3.8, 4) is 0 Å². The largest absolute Gasteiger partial charge is 0.481 e. The van der Waals surface area contributed by atoms with Crippen LogP contribution >= 0.6 is 0 Å². The van der Waals surface area contributed by atoms with Gasteiger partial charge in [0.25, 0.3) is 0 Å². The Morgan fingerprint density at radius 2 is 1.91 bits per heavy atom. The lowest BCUT2D eigenvalue weighted by Crippen LogP contribution is -2.37. The van der Waals surface area contributed by atoms with Gasteiger partial charge in [-0.25, -0.2) is 4.39 Å². The third-order valence-corrected chi connectivity index (χ3v) is 2.45. The first-order valence-corrected chi connectivity index (χ1v) is 3.88. The van der Waals surface area contributed by atoms with Crippen LogP contribution in [0.3, 0.4) is 0 Å². The number of carboxylic acids is 1. The lowest BCUT2D eigenvalue weighted by atomic mass is 9.79. The number of carboxylic acid groups (broad SMARTS) is 1. The first-order valence-electron chi connectivity index (χ1n) is 3.88. The van der Waals surface area contributed by atoms with Crippen LogP contribution in [0.4, 0.5) is 4.39 Å². The maximum absolute atomic E-state index is 12.9.